The maximum atomic E-state index is 11.7. The molecule has 0 bridgehead atoms. The van der Waals surface area contributed by atoms with Crippen LogP contribution in [0.4, 0.5) is 5.95 Å². The molecule has 0 saturated heterocycles. The van der Waals surface area contributed by atoms with Gasteiger partial charge in [-0.15, -0.1) is 0 Å². The molecule has 16 heteroatoms. The fourth-order valence-electron chi connectivity index (χ4n) is 5.50. The second-order valence-corrected chi connectivity index (χ2v) is 11.9. The number of rotatable bonds is 6. The van der Waals surface area contributed by atoms with Crippen LogP contribution < -0.4 is 5.73 Å². The highest BCUT2D eigenvalue weighted by molar-refractivity contribution is 9.09. The van der Waals surface area contributed by atoms with Gasteiger partial charge in [-0.05, 0) is 50.2 Å². The summed E-state index contributed by atoms with van der Waals surface area (Å²) in [6.45, 7) is 4.04. The minimum Gasteiger partial charge on any atom is -0.461 e. The molecular weight excluding hydrogens is 746 g/mol. The SMILES string of the molecule is CCOC(=O)C(=O)CBr.CCOC(=O)c1cn2c3ccccc3n(C)c2n1.Cn1c(N)nc2ccccc21.Cn1c2ccccc2n2cc(C=O)nc12. The number of nitrogens with two attached hydrogens (primary N) is 1. The molecule has 5 aromatic heterocycles. The molecule has 0 unspecified atom stereocenters. The average Bonchev–Trinajstić information content (AvgIpc) is 3.98. The molecule has 8 aromatic rings. The maximum absolute atomic E-state index is 11.7. The number of hydrogen-bond donors (Lipinski definition) is 1. The molecule has 0 radical (unpaired) electrons. The van der Waals surface area contributed by atoms with E-state index in [0.29, 0.717) is 23.9 Å². The molecule has 0 saturated carbocycles. The number of esters is 2. The predicted molar refractivity (Wildman–Crippen MR) is 205 cm³/mol. The summed E-state index contributed by atoms with van der Waals surface area (Å²) in [6.07, 6.45) is 4.24. The number of para-hydroxylation sites is 6. The van der Waals surface area contributed by atoms with Crippen LogP contribution in [0.15, 0.2) is 85.2 Å². The van der Waals surface area contributed by atoms with Crippen molar-refractivity contribution < 1.29 is 28.7 Å². The zero-order valence-electron chi connectivity index (χ0n) is 29.8. The van der Waals surface area contributed by atoms with E-state index in [-0.39, 0.29) is 17.9 Å². The van der Waals surface area contributed by atoms with Gasteiger partial charge in [0, 0.05) is 33.5 Å². The highest BCUT2D eigenvalue weighted by Gasteiger charge is 2.16. The van der Waals surface area contributed by atoms with Crippen LogP contribution in [0.3, 0.4) is 0 Å². The van der Waals surface area contributed by atoms with E-state index in [9.17, 15) is 19.2 Å². The minimum absolute atomic E-state index is 0.0336. The van der Waals surface area contributed by atoms with Crippen LogP contribution in [0.2, 0.25) is 0 Å². The third-order valence-corrected chi connectivity index (χ3v) is 8.56. The molecule has 3 aromatic carbocycles. The number of hydrogen-bond acceptors (Lipinski definition) is 10. The maximum Gasteiger partial charge on any atom is 0.375 e. The van der Waals surface area contributed by atoms with E-state index >= 15 is 0 Å². The number of ether oxygens (including phenoxy) is 2. The predicted octanol–water partition coefficient (Wildman–Crippen LogP) is 5.31. The lowest BCUT2D eigenvalue weighted by Gasteiger charge is -1.97. The van der Waals surface area contributed by atoms with Gasteiger partial charge in [0.05, 0.1) is 51.6 Å². The van der Waals surface area contributed by atoms with E-state index in [4.69, 9.17) is 10.5 Å². The highest BCUT2D eigenvalue weighted by atomic mass is 79.9. The molecule has 0 atom stereocenters. The van der Waals surface area contributed by atoms with Crippen molar-refractivity contribution >= 4 is 90.5 Å². The molecule has 5 heterocycles. The molecule has 0 fully saturated rings. The highest BCUT2D eigenvalue weighted by Crippen LogP contribution is 2.21. The van der Waals surface area contributed by atoms with Crippen molar-refractivity contribution in [1.29, 1.82) is 0 Å². The number of aromatic nitrogens is 8. The number of nitrogen functional groups attached to an aromatic ring is 1. The zero-order chi connectivity index (χ0) is 38.2. The number of benzene rings is 3. The van der Waals surface area contributed by atoms with Gasteiger partial charge in [-0.1, -0.05) is 52.3 Å². The summed E-state index contributed by atoms with van der Waals surface area (Å²) in [5.74, 6) is 0.389. The molecule has 0 aliphatic carbocycles. The summed E-state index contributed by atoms with van der Waals surface area (Å²) in [7, 11) is 5.78. The van der Waals surface area contributed by atoms with Crippen LogP contribution in [0.25, 0.3) is 44.7 Å². The Morgan fingerprint density at radius 3 is 1.74 bits per heavy atom. The van der Waals surface area contributed by atoms with Gasteiger partial charge in [-0.25, -0.2) is 24.5 Å². The minimum atomic E-state index is -0.769. The Hall–Kier alpha value is -6.29. The second-order valence-electron chi connectivity index (χ2n) is 11.4. The van der Waals surface area contributed by atoms with Gasteiger partial charge < -0.3 is 28.9 Å². The van der Waals surface area contributed by atoms with Gasteiger partial charge in [0.2, 0.25) is 23.3 Å². The van der Waals surface area contributed by atoms with E-state index in [2.05, 4.69) is 35.6 Å². The Kier molecular flexibility index (Phi) is 12.0. The van der Waals surface area contributed by atoms with Crippen LogP contribution >= 0.6 is 15.9 Å². The molecule has 0 aliphatic rings. The molecule has 274 valence electrons. The number of fused-ring (bicyclic) bond motifs is 7. The molecule has 2 N–H and O–H groups in total. The van der Waals surface area contributed by atoms with E-state index in [1.807, 2.05) is 116 Å². The number of nitrogens with zero attached hydrogens (tertiary/aromatic N) is 8. The Morgan fingerprint density at radius 2 is 1.21 bits per heavy atom. The number of carbonyl (C=O) groups excluding carboxylic acids is 4. The van der Waals surface area contributed by atoms with Gasteiger partial charge in [0.1, 0.15) is 5.69 Å². The molecule has 0 amide bonds. The second kappa shape index (κ2) is 16.8. The molecule has 15 nitrogen and oxygen atoms in total. The first kappa shape index (κ1) is 38.0. The number of aldehydes is 1. The quantitative estimate of drug-likeness (QED) is 0.101. The third-order valence-electron chi connectivity index (χ3n) is 8.05. The number of aryl methyl sites for hydroxylation is 3. The zero-order valence-corrected chi connectivity index (χ0v) is 31.4. The van der Waals surface area contributed by atoms with Crippen molar-refractivity contribution in [2.45, 2.75) is 13.8 Å². The summed E-state index contributed by atoms with van der Waals surface area (Å²) >= 11 is 2.83. The summed E-state index contributed by atoms with van der Waals surface area (Å²) in [4.78, 5) is 55.7. The number of carbonyl (C=O) groups is 4. The number of alkyl halides is 1. The van der Waals surface area contributed by atoms with Crippen molar-refractivity contribution in [3.63, 3.8) is 0 Å². The topological polar surface area (TPSA) is 175 Å². The monoisotopic (exact) mass is 783 g/mol. The van der Waals surface area contributed by atoms with Crippen molar-refractivity contribution in [2.75, 3.05) is 24.3 Å². The van der Waals surface area contributed by atoms with E-state index < -0.39 is 11.8 Å². The van der Waals surface area contributed by atoms with E-state index in [0.717, 1.165) is 50.9 Å². The Labute approximate surface area is 311 Å². The van der Waals surface area contributed by atoms with Crippen LogP contribution in [0.1, 0.15) is 34.8 Å². The lowest BCUT2D eigenvalue weighted by atomic mass is 10.3. The standard InChI is InChI=1S/C13H13N3O2.C11H9N3O.C8H9N3.C5H7BrO3/c1-3-18-12(17)9-8-16-11-7-5-4-6-10(11)15(2)13(16)14-9;1-13-9-4-2-3-5-10(9)14-6-8(7-15)12-11(13)14;1-11-7-5-3-2-4-6(7)10-8(11)9;1-2-9-5(8)4(7)3-6/h4-8H,3H2,1-2H3;2-7H,1H3;2-5H,1H3,(H2,9,10);2-3H2,1H3. The molecular formula is C37H38BrN9O6. The molecule has 0 aliphatic heterocycles. The number of anilines is 1. The van der Waals surface area contributed by atoms with Crippen LogP contribution in [-0.2, 0) is 40.2 Å². The Morgan fingerprint density at radius 1 is 0.698 bits per heavy atom. The summed E-state index contributed by atoms with van der Waals surface area (Å²) < 4.78 is 19.0. The third kappa shape index (κ3) is 7.97. The van der Waals surface area contributed by atoms with Gasteiger partial charge in [-0.2, -0.15) is 0 Å². The first-order valence-electron chi connectivity index (χ1n) is 16.4. The normalized spacial score (nSPS) is 10.7. The molecule has 8 rings (SSSR count). The lowest BCUT2D eigenvalue weighted by molar-refractivity contribution is -0.152. The van der Waals surface area contributed by atoms with E-state index in [1.54, 1.807) is 26.2 Å². The van der Waals surface area contributed by atoms with Crippen LogP contribution in [-0.4, -0.2) is 80.0 Å². The molecule has 53 heavy (non-hydrogen) atoms. The largest absolute Gasteiger partial charge is 0.461 e. The van der Waals surface area contributed by atoms with Gasteiger partial charge >= 0.3 is 11.9 Å². The van der Waals surface area contributed by atoms with Gasteiger partial charge in [-0.3, -0.25) is 18.4 Å². The van der Waals surface area contributed by atoms with E-state index in [1.165, 1.54) is 0 Å². The van der Waals surface area contributed by atoms with Gasteiger partial charge in [0.15, 0.2) is 12.0 Å². The summed E-state index contributed by atoms with van der Waals surface area (Å²) in [5.41, 5.74) is 12.7. The number of halogens is 1. The van der Waals surface area contributed by atoms with Crippen molar-refractivity contribution in [1.82, 2.24) is 37.5 Å². The Bertz CT molecular complexity index is 2580. The lowest BCUT2D eigenvalue weighted by Crippen LogP contribution is -2.17. The summed E-state index contributed by atoms with van der Waals surface area (Å²) in [6, 6.07) is 23.9. The number of ketones is 1. The summed E-state index contributed by atoms with van der Waals surface area (Å²) in [5, 5.41) is 0.0336. The van der Waals surface area contributed by atoms with Crippen molar-refractivity contribution in [2.24, 2.45) is 21.1 Å². The first-order chi connectivity index (χ1) is 25.5. The van der Waals surface area contributed by atoms with Crippen LogP contribution in [0, 0.1) is 0 Å². The van der Waals surface area contributed by atoms with Gasteiger partial charge in [0.25, 0.3) is 0 Å². The smallest absolute Gasteiger partial charge is 0.375 e. The average molecular weight is 785 g/mol. The molecule has 0 spiro atoms. The fraction of sp³-hybridized carbons (Fsp3) is 0.216. The van der Waals surface area contributed by atoms with Crippen molar-refractivity contribution in [3.05, 3.63) is 96.6 Å². The van der Waals surface area contributed by atoms with Crippen LogP contribution in [0.5, 0.6) is 0 Å². The number of Topliss-reactive ketones (excluding diaryl/α,β-unsaturated/α-hetero) is 1. The number of imidazole rings is 5. The fourth-order valence-corrected chi connectivity index (χ4v) is 5.72. The first-order valence-corrected chi connectivity index (χ1v) is 17.6. The van der Waals surface area contributed by atoms with Crippen molar-refractivity contribution in [3.8, 4) is 0 Å². The Balaban J connectivity index is 0.000000141.